The van der Waals surface area contributed by atoms with Crippen LogP contribution in [-0.4, -0.2) is 42.3 Å². The van der Waals surface area contributed by atoms with Gasteiger partial charge >= 0.3 is 0 Å². The standard InChI is InChI=1S/C21H17NO3S2.C14H8N2O/c23-14-12-16(25-20(13-14)22-8-10-24-11-9-22)15-4-3-7-19-21(15)27-18-6-2-1-5-17(18)26-19;17-14-9-5-2-1-4-8(9)13-12-10(14)6-3-7-11(12)15-16-13/h1-7,12-13H,8-11H2;1-7H,(H,15,16). The molecule has 4 aromatic carbocycles. The molecule has 0 spiro atoms. The highest BCUT2D eigenvalue weighted by molar-refractivity contribution is 8.05. The van der Waals surface area contributed by atoms with Crippen molar-refractivity contribution in [3.63, 3.8) is 0 Å². The summed E-state index contributed by atoms with van der Waals surface area (Å²) < 4.78 is 11.6. The van der Waals surface area contributed by atoms with Gasteiger partial charge in [0.05, 0.1) is 18.7 Å². The predicted octanol–water partition coefficient (Wildman–Crippen LogP) is 7.53. The molecule has 6 aromatic rings. The Kier molecular flexibility index (Phi) is 6.86. The summed E-state index contributed by atoms with van der Waals surface area (Å²) in [6.07, 6.45) is 0. The van der Waals surface area contributed by atoms with Crippen LogP contribution < -0.4 is 10.3 Å². The van der Waals surface area contributed by atoms with Crippen molar-refractivity contribution in [3.05, 3.63) is 118 Å². The summed E-state index contributed by atoms with van der Waals surface area (Å²) in [5.41, 5.74) is 5.12. The van der Waals surface area contributed by atoms with Crippen LogP contribution in [0.4, 0.5) is 5.88 Å². The van der Waals surface area contributed by atoms with E-state index in [2.05, 4.69) is 45.4 Å². The van der Waals surface area contributed by atoms with Gasteiger partial charge in [0.1, 0.15) is 11.5 Å². The number of aromatic nitrogens is 2. The molecule has 1 saturated heterocycles. The quantitative estimate of drug-likeness (QED) is 0.214. The Hall–Kier alpha value is -4.57. The number of morpholine rings is 1. The highest BCUT2D eigenvalue weighted by atomic mass is 32.2. The normalized spacial score (nSPS) is 14.7. The molecule has 0 bridgehead atoms. The van der Waals surface area contributed by atoms with E-state index < -0.39 is 0 Å². The van der Waals surface area contributed by atoms with Crippen molar-refractivity contribution < 1.29 is 13.9 Å². The van der Waals surface area contributed by atoms with Gasteiger partial charge in [-0.3, -0.25) is 14.7 Å². The summed E-state index contributed by atoms with van der Waals surface area (Å²) in [6, 6.07) is 31.0. The lowest BCUT2D eigenvalue weighted by Crippen LogP contribution is -2.36. The third kappa shape index (κ3) is 4.73. The first kappa shape index (κ1) is 27.0. The van der Waals surface area contributed by atoms with Crippen LogP contribution in [0.2, 0.25) is 0 Å². The zero-order valence-corrected chi connectivity index (χ0v) is 25.0. The van der Waals surface area contributed by atoms with Gasteiger partial charge in [-0.25, -0.2) is 0 Å². The van der Waals surface area contributed by atoms with Crippen LogP contribution in [0.5, 0.6) is 0 Å². The Morgan fingerprint density at radius 3 is 2.23 bits per heavy atom. The number of aromatic amines is 1. The van der Waals surface area contributed by atoms with Gasteiger partial charge in [0.25, 0.3) is 0 Å². The molecule has 0 radical (unpaired) electrons. The number of H-pyrrole nitrogens is 1. The van der Waals surface area contributed by atoms with Gasteiger partial charge < -0.3 is 14.1 Å². The van der Waals surface area contributed by atoms with Gasteiger partial charge in [0.2, 0.25) is 0 Å². The number of nitrogens with zero attached hydrogens (tertiary/aromatic N) is 2. The van der Waals surface area contributed by atoms with E-state index in [1.165, 1.54) is 14.7 Å². The van der Waals surface area contributed by atoms with E-state index in [4.69, 9.17) is 9.15 Å². The van der Waals surface area contributed by atoms with Crippen molar-refractivity contribution in [3.8, 4) is 22.6 Å². The lowest BCUT2D eigenvalue weighted by Gasteiger charge is -2.27. The number of fused-ring (bicyclic) bond motifs is 4. The predicted molar refractivity (Wildman–Crippen MR) is 173 cm³/mol. The second-order valence-electron chi connectivity index (χ2n) is 10.6. The number of ketones is 1. The van der Waals surface area contributed by atoms with Crippen molar-refractivity contribution in [1.82, 2.24) is 10.2 Å². The molecule has 0 unspecified atom stereocenters. The van der Waals surface area contributed by atoms with Gasteiger partial charge in [-0.05, 0) is 24.3 Å². The molecule has 44 heavy (non-hydrogen) atoms. The van der Waals surface area contributed by atoms with Crippen molar-refractivity contribution >= 4 is 46.1 Å². The van der Waals surface area contributed by atoms with Crippen molar-refractivity contribution in [2.24, 2.45) is 0 Å². The average Bonchev–Trinajstić information content (AvgIpc) is 3.51. The number of hydrogen-bond acceptors (Lipinski definition) is 8. The van der Waals surface area contributed by atoms with Gasteiger partial charge in [-0.1, -0.05) is 84.2 Å². The van der Waals surface area contributed by atoms with E-state index in [9.17, 15) is 9.59 Å². The fourth-order valence-electron chi connectivity index (χ4n) is 5.77. The number of anilines is 1. The highest BCUT2D eigenvalue weighted by Gasteiger charge is 2.27. The Morgan fingerprint density at radius 1 is 0.705 bits per heavy atom. The molecular weight excluding hydrogens is 591 g/mol. The molecule has 1 N–H and O–H groups in total. The third-order valence-electron chi connectivity index (χ3n) is 7.86. The summed E-state index contributed by atoms with van der Waals surface area (Å²) in [5.74, 6) is 1.32. The molecule has 216 valence electrons. The van der Waals surface area contributed by atoms with E-state index in [1.807, 2.05) is 54.6 Å². The molecule has 3 aliphatic rings. The lowest BCUT2D eigenvalue weighted by atomic mass is 9.87. The second kappa shape index (κ2) is 11.2. The molecule has 0 saturated carbocycles. The minimum absolute atomic E-state index is 0.0378. The van der Waals surface area contributed by atoms with Gasteiger partial charge in [-0.15, -0.1) is 0 Å². The first-order chi connectivity index (χ1) is 21.6. The molecule has 1 aliphatic carbocycles. The number of carbonyl (C=O) groups is 1. The number of rotatable bonds is 2. The Labute approximate surface area is 261 Å². The monoisotopic (exact) mass is 615 g/mol. The van der Waals surface area contributed by atoms with Crippen LogP contribution in [0.3, 0.4) is 0 Å². The number of carbonyl (C=O) groups excluding carboxylic acids is 1. The molecule has 4 heterocycles. The maximum Gasteiger partial charge on any atom is 0.200 e. The summed E-state index contributed by atoms with van der Waals surface area (Å²) >= 11 is 3.50. The fraction of sp³-hybridized carbons (Fsp3) is 0.114. The zero-order valence-electron chi connectivity index (χ0n) is 23.4. The largest absolute Gasteiger partial charge is 0.440 e. The van der Waals surface area contributed by atoms with Crippen molar-refractivity contribution in [1.29, 1.82) is 0 Å². The van der Waals surface area contributed by atoms with E-state index in [0.29, 0.717) is 24.9 Å². The number of ether oxygens (including phenoxy) is 1. The minimum atomic E-state index is -0.0378. The summed E-state index contributed by atoms with van der Waals surface area (Å²) in [7, 11) is 0. The first-order valence-corrected chi connectivity index (χ1v) is 15.9. The first-order valence-electron chi connectivity index (χ1n) is 14.3. The van der Waals surface area contributed by atoms with E-state index in [1.54, 1.807) is 35.7 Å². The van der Waals surface area contributed by atoms with E-state index >= 15 is 0 Å². The summed E-state index contributed by atoms with van der Waals surface area (Å²) in [5, 5.41) is 8.24. The highest BCUT2D eigenvalue weighted by Crippen LogP contribution is 2.51. The zero-order chi connectivity index (χ0) is 29.6. The van der Waals surface area contributed by atoms with Crippen LogP contribution in [0, 0.1) is 0 Å². The van der Waals surface area contributed by atoms with Crippen molar-refractivity contribution in [2.75, 3.05) is 31.2 Å². The molecule has 2 aromatic heterocycles. The van der Waals surface area contributed by atoms with Crippen LogP contribution in [0.15, 0.2) is 126 Å². The van der Waals surface area contributed by atoms with E-state index in [0.717, 1.165) is 56.8 Å². The average molecular weight is 616 g/mol. The molecule has 1 fully saturated rings. The Morgan fingerprint density at radius 2 is 1.39 bits per heavy atom. The second-order valence-corrected chi connectivity index (χ2v) is 12.7. The lowest BCUT2D eigenvalue weighted by molar-refractivity contribution is 0.104. The summed E-state index contributed by atoms with van der Waals surface area (Å²) in [6.45, 7) is 2.77. The number of benzene rings is 4. The molecule has 0 atom stereocenters. The van der Waals surface area contributed by atoms with Crippen LogP contribution in [0.25, 0.3) is 33.5 Å². The molecule has 9 rings (SSSR count). The van der Waals surface area contributed by atoms with Crippen LogP contribution in [-0.2, 0) is 4.74 Å². The fourth-order valence-corrected chi connectivity index (χ4v) is 8.15. The van der Waals surface area contributed by atoms with Gasteiger partial charge in [0, 0.05) is 72.4 Å². The van der Waals surface area contributed by atoms with Crippen LogP contribution in [0.1, 0.15) is 15.9 Å². The Balaban J connectivity index is 0.000000145. The topological polar surface area (TPSA) is 88.4 Å². The Bertz CT molecular complexity index is 2130. The van der Waals surface area contributed by atoms with E-state index in [-0.39, 0.29) is 11.2 Å². The SMILES string of the molecule is O=C1c2ccccc2-c2n[nH]c3cccc1c23.O=c1cc(-c2cccc3c2Sc2ccccc2S3)oc(N2CCOCC2)c1. The number of nitrogens with one attached hydrogen (secondary N) is 1. The van der Waals surface area contributed by atoms with Crippen molar-refractivity contribution in [2.45, 2.75) is 19.6 Å². The third-order valence-corrected chi connectivity index (χ3v) is 10.5. The minimum Gasteiger partial charge on any atom is -0.440 e. The molecule has 2 aliphatic heterocycles. The molecule has 7 nitrogen and oxygen atoms in total. The summed E-state index contributed by atoms with van der Waals surface area (Å²) in [4.78, 5) is 31.6. The molecular formula is C35H25N3O4S2. The maximum atomic E-state index is 12.4. The molecule has 0 amide bonds. The van der Waals surface area contributed by atoms with Gasteiger partial charge in [0.15, 0.2) is 17.1 Å². The smallest absolute Gasteiger partial charge is 0.200 e. The van der Waals surface area contributed by atoms with Gasteiger partial charge in [-0.2, -0.15) is 5.10 Å². The maximum absolute atomic E-state index is 12.4. The molecule has 9 heteroatoms. The van der Waals surface area contributed by atoms with Crippen LogP contribution >= 0.6 is 23.5 Å². The number of hydrogen-bond donors (Lipinski definition) is 1.